The molecule has 2 aromatic rings. The summed E-state index contributed by atoms with van der Waals surface area (Å²) >= 11 is 6.20. The van der Waals surface area contributed by atoms with Gasteiger partial charge in [0.05, 0.1) is 41.4 Å². The zero-order chi connectivity index (χ0) is 14.8. The maximum absolute atomic E-state index is 12.5. The van der Waals surface area contributed by atoms with Crippen LogP contribution in [0.3, 0.4) is 0 Å². The quantitative estimate of drug-likeness (QED) is 0.855. The maximum atomic E-state index is 12.5. The smallest absolute Gasteiger partial charge is 0.257 e. The van der Waals surface area contributed by atoms with Gasteiger partial charge in [-0.15, -0.1) is 0 Å². The minimum Gasteiger partial charge on any atom is -0.378 e. The Hall–Kier alpha value is -1.85. The molecule has 0 aliphatic carbocycles. The van der Waals surface area contributed by atoms with E-state index in [1.165, 1.54) is 0 Å². The van der Waals surface area contributed by atoms with Crippen molar-refractivity contribution in [2.45, 2.75) is 6.92 Å². The topological polar surface area (TPSA) is 47.4 Å². The summed E-state index contributed by atoms with van der Waals surface area (Å²) < 4.78 is 6.98. The SMILES string of the molecule is Cc1c(C(=O)N2CCOCC2)cnn1-c1ccccc1Cl. The van der Waals surface area contributed by atoms with Crippen LogP contribution in [0.4, 0.5) is 0 Å². The Bertz CT molecular complexity index is 663. The first-order chi connectivity index (χ1) is 10.2. The van der Waals surface area contributed by atoms with Gasteiger partial charge in [0.1, 0.15) is 0 Å². The number of carbonyl (C=O) groups excluding carboxylic acids is 1. The van der Waals surface area contributed by atoms with Gasteiger partial charge in [0.2, 0.25) is 0 Å². The Morgan fingerprint density at radius 3 is 2.71 bits per heavy atom. The molecule has 0 saturated carbocycles. The van der Waals surface area contributed by atoms with Crippen LogP contribution in [0.5, 0.6) is 0 Å². The van der Waals surface area contributed by atoms with E-state index >= 15 is 0 Å². The molecule has 1 aliphatic rings. The fourth-order valence-electron chi connectivity index (χ4n) is 2.42. The average molecular weight is 306 g/mol. The van der Waals surface area contributed by atoms with Gasteiger partial charge in [0.25, 0.3) is 5.91 Å². The lowest BCUT2D eigenvalue weighted by molar-refractivity contribution is 0.0302. The van der Waals surface area contributed by atoms with Crippen LogP contribution in [0.15, 0.2) is 30.5 Å². The molecule has 1 saturated heterocycles. The van der Waals surface area contributed by atoms with Gasteiger partial charge in [0.15, 0.2) is 0 Å². The number of benzene rings is 1. The number of nitrogens with zero attached hydrogens (tertiary/aromatic N) is 3. The van der Waals surface area contributed by atoms with E-state index in [9.17, 15) is 4.79 Å². The second kappa shape index (κ2) is 5.87. The molecule has 0 spiro atoms. The first kappa shape index (κ1) is 14.1. The summed E-state index contributed by atoms with van der Waals surface area (Å²) in [6.07, 6.45) is 1.61. The molecule has 0 bridgehead atoms. The van der Waals surface area contributed by atoms with E-state index in [0.717, 1.165) is 11.4 Å². The number of halogens is 1. The number of amides is 1. The Morgan fingerprint density at radius 2 is 2.00 bits per heavy atom. The standard InChI is InChI=1S/C15H16ClN3O2/c1-11-12(15(20)18-6-8-21-9-7-18)10-17-19(11)14-5-3-2-4-13(14)16/h2-5,10H,6-9H2,1H3. The fourth-order valence-corrected chi connectivity index (χ4v) is 2.64. The highest BCUT2D eigenvalue weighted by molar-refractivity contribution is 6.32. The highest BCUT2D eigenvalue weighted by atomic mass is 35.5. The molecule has 110 valence electrons. The van der Waals surface area contributed by atoms with Crippen LogP contribution in [0.2, 0.25) is 5.02 Å². The van der Waals surface area contributed by atoms with Crippen molar-refractivity contribution >= 4 is 17.5 Å². The summed E-state index contributed by atoms with van der Waals surface area (Å²) in [6.45, 7) is 4.29. The van der Waals surface area contributed by atoms with Gasteiger partial charge in [-0.1, -0.05) is 23.7 Å². The van der Waals surface area contributed by atoms with Gasteiger partial charge in [-0.3, -0.25) is 4.79 Å². The third-order valence-corrected chi connectivity index (χ3v) is 3.94. The van der Waals surface area contributed by atoms with E-state index in [-0.39, 0.29) is 5.91 Å². The molecule has 1 aromatic carbocycles. The zero-order valence-electron chi connectivity index (χ0n) is 11.8. The number of aromatic nitrogens is 2. The van der Waals surface area contributed by atoms with Crippen molar-refractivity contribution in [3.05, 3.63) is 46.7 Å². The Morgan fingerprint density at radius 1 is 1.29 bits per heavy atom. The summed E-state index contributed by atoms with van der Waals surface area (Å²) in [5.41, 5.74) is 2.18. The summed E-state index contributed by atoms with van der Waals surface area (Å²) in [4.78, 5) is 14.3. The predicted octanol–water partition coefficient (Wildman–Crippen LogP) is 2.31. The van der Waals surface area contributed by atoms with Crippen LogP contribution in [0, 0.1) is 6.92 Å². The lowest BCUT2D eigenvalue weighted by Crippen LogP contribution is -2.40. The van der Waals surface area contributed by atoms with Crippen molar-refractivity contribution in [1.29, 1.82) is 0 Å². The summed E-state index contributed by atoms with van der Waals surface area (Å²) in [6, 6.07) is 7.45. The molecule has 5 nitrogen and oxygen atoms in total. The lowest BCUT2D eigenvalue weighted by Gasteiger charge is -2.26. The van der Waals surface area contributed by atoms with Crippen LogP contribution < -0.4 is 0 Å². The average Bonchev–Trinajstić information content (AvgIpc) is 2.89. The molecular weight excluding hydrogens is 290 g/mol. The third-order valence-electron chi connectivity index (χ3n) is 3.62. The summed E-state index contributed by atoms with van der Waals surface area (Å²) in [7, 11) is 0. The number of hydrogen-bond acceptors (Lipinski definition) is 3. The van der Waals surface area contributed by atoms with E-state index in [1.54, 1.807) is 15.8 Å². The second-order valence-electron chi connectivity index (χ2n) is 4.91. The van der Waals surface area contributed by atoms with E-state index in [1.807, 2.05) is 31.2 Å². The molecule has 1 aromatic heterocycles. The number of hydrogen-bond donors (Lipinski definition) is 0. The first-order valence-electron chi connectivity index (χ1n) is 6.85. The normalized spacial score (nSPS) is 15.2. The predicted molar refractivity (Wildman–Crippen MR) is 80.0 cm³/mol. The molecule has 1 fully saturated rings. The molecule has 0 radical (unpaired) electrons. The van der Waals surface area contributed by atoms with Gasteiger partial charge < -0.3 is 9.64 Å². The van der Waals surface area contributed by atoms with Crippen molar-refractivity contribution < 1.29 is 9.53 Å². The Kier molecular flexibility index (Phi) is 3.94. The van der Waals surface area contributed by atoms with Crippen molar-refractivity contribution in [2.24, 2.45) is 0 Å². The van der Waals surface area contributed by atoms with Crippen LogP contribution in [0.25, 0.3) is 5.69 Å². The molecule has 2 heterocycles. The molecular formula is C15H16ClN3O2. The van der Waals surface area contributed by atoms with Gasteiger partial charge in [0, 0.05) is 13.1 Å². The van der Waals surface area contributed by atoms with E-state index in [2.05, 4.69) is 5.10 Å². The monoisotopic (exact) mass is 305 g/mol. The minimum atomic E-state index is -0.00546. The van der Waals surface area contributed by atoms with E-state index in [0.29, 0.717) is 36.9 Å². The van der Waals surface area contributed by atoms with Crippen molar-refractivity contribution in [2.75, 3.05) is 26.3 Å². The Labute approximate surface area is 128 Å². The fraction of sp³-hybridized carbons (Fsp3) is 0.333. The number of morpholine rings is 1. The largest absolute Gasteiger partial charge is 0.378 e. The highest BCUT2D eigenvalue weighted by Crippen LogP contribution is 2.22. The molecule has 0 unspecified atom stereocenters. The third kappa shape index (κ3) is 2.66. The zero-order valence-corrected chi connectivity index (χ0v) is 12.5. The minimum absolute atomic E-state index is 0.00546. The van der Waals surface area contributed by atoms with Gasteiger partial charge >= 0.3 is 0 Å². The first-order valence-corrected chi connectivity index (χ1v) is 7.23. The van der Waals surface area contributed by atoms with Crippen molar-refractivity contribution in [1.82, 2.24) is 14.7 Å². The van der Waals surface area contributed by atoms with Gasteiger partial charge in [-0.05, 0) is 19.1 Å². The molecule has 6 heteroatoms. The lowest BCUT2D eigenvalue weighted by atomic mass is 10.2. The number of ether oxygens (including phenoxy) is 1. The maximum Gasteiger partial charge on any atom is 0.257 e. The second-order valence-corrected chi connectivity index (χ2v) is 5.32. The van der Waals surface area contributed by atoms with Gasteiger partial charge in [-0.25, -0.2) is 4.68 Å². The Balaban J connectivity index is 1.92. The summed E-state index contributed by atoms with van der Waals surface area (Å²) in [5.74, 6) is -0.00546. The molecule has 1 amide bonds. The van der Waals surface area contributed by atoms with Gasteiger partial charge in [-0.2, -0.15) is 5.10 Å². The van der Waals surface area contributed by atoms with E-state index < -0.39 is 0 Å². The molecule has 3 rings (SSSR count). The highest BCUT2D eigenvalue weighted by Gasteiger charge is 2.23. The van der Waals surface area contributed by atoms with E-state index in [4.69, 9.17) is 16.3 Å². The van der Waals surface area contributed by atoms with Crippen LogP contribution in [-0.2, 0) is 4.74 Å². The molecule has 0 N–H and O–H groups in total. The number of rotatable bonds is 2. The molecule has 0 atom stereocenters. The molecule has 1 aliphatic heterocycles. The van der Waals surface area contributed by atoms with Crippen LogP contribution >= 0.6 is 11.6 Å². The molecule has 21 heavy (non-hydrogen) atoms. The van der Waals surface area contributed by atoms with Crippen molar-refractivity contribution in [3.63, 3.8) is 0 Å². The van der Waals surface area contributed by atoms with Crippen LogP contribution in [0.1, 0.15) is 16.1 Å². The summed E-state index contributed by atoms with van der Waals surface area (Å²) in [5, 5.41) is 4.92. The van der Waals surface area contributed by atoms with Crippen LogP contribution in [-0.4, -0.2) is 46.9 Å². The van der Waals surface area contributed by atoms with Crippen molar-refractivity contribution in [3.8, 4) is 5.69 Å². The number of para-hydroxylation sites is 1. The number of carbonyl (C=O) groups is 1.